The van der Waals surface area contributed by atoms with Crippen LogP contribution in [0.3, 0.4) is 0 Å². The number of aliphatic carboxylic acids is 1. The molecule has 1 aromatic carbocycles. The smallest absolute Gasteiger partial charge is 0.471 e. The molecule has 0 radical (unpaired) electrons. The van der Waals surface area contributed by atoms with E-state index in [1.165, 1.54) is 5.32 Å². The van der Waals surface area contributed by atoms with Crippen molar-refractivity contribution in [1.82, 2.24) is 5.32 Å². The highest BCUT2D eigenvalue weighted by Crippen LogP contribution is 2.23. The number of nitrogens with one attached hydrogen (secondary N) is 1. The topological polar surface area (TPSA) is 66.4 Å². The molecule has 9 heteroatoms. The number of amides is 1. The molecule has 1 aromatic rings. The van der Waals surface area contributed by atoms with Crippen molar-refractivity contribution in [3.63, 3.8) is 0 Å². The van der Waals surface area contributed by atoms with Crippen LogP contribution in [0.15, 0.2) is 22.7 Å². The van der Waals surface area contributed by atoms with E-state index >= 15 is 0 Å². The van der Waals surface area contributed by atoms with Gasteiger partial charge in [0.2, 0.25) is 0 Å². The second kappa shape index (κ2) is 5.55. The van der Waals surface area contributed by atoms with Crippen LogP contribution in [-0.4, -0.2) is 23.2 Å². The molecule has 0 aliphatic rings. The van der Waals surface area contributed by atoms with Crippen LogP contribution >= 0.6 is 15.9 Å². The predicted molar refractivity (Wildman–Crippen MR) is 58.7 cm³/mol. The fraction of sp³-hybridized carbons (Fsp3) is 0.200. The summed E-state index contributed by atoms with van der Waals surface area (Å²) in [7, 11) is 0. The minimum atomic E-state index is -5.22. The normalized spacial score (nSPS) is 12.9. The van der Waals surface area contributed by atoms with Crippen LogP contribution in [0.2, 0.25) is 0 Å². The Kier molecular flexibility index (Phi) is 4.51. The van der Waals surface area contributed by atoms with E-state index in [9.17, 15) is 27.2 Å². The van der Waals surface area contributed by atoms with E-state index in [2.05, 4.69) is 15.9 Å². The average molecular weight is 344 g/mol. The number of halogens is 5. The number of alkyl halides is 3. The van der Waals surface area contributed by atoms with Crippen molar-refractivity contribution in [2.45, 2.75) is 12.2 Å². The lowest BCUT2D eigenvalue weighted by Crippen LogP contribution is -2.41. The van der Waals surface area contributed by atoms with Gasteiger partial charge in [-0.3, -0.25) is 4.79 Å². The Labute approximate surface area is 112 Å². The molecule has 1 rings (SSSR count). The summed E-state index contributed by atoms with van der Waals surface area (Å²) in [6.45, 7) is 0. The molecule has 0 bridgehead atoms. The Morgan fingerprint density at radius 3 is 2.32 bits per heavy atom. The zero-order valence-corrected chi connectivity index (χ0v) is 10.5. The maximum Gasteiger partial charge on any atom is 0.471 e. The van der Waals surface area contributed by atoms with Gasteiger partial charge in [-0.2, -0.15) is 13.2 Å². The van der Waals surface area contributed by atoms with Crippen LogP contribution in [-0.2, 0) is 9.59 Å². The summed E-state index contributed by atoms with van der Waals surface area (Å²) in [6.07, 6.45) is -5.22. The van der Waals surface area contributed by atoms with E-state index in [0.717, 1.165) is 18.2 Å². The Hall–Kier alpha value is -1.64. The zero-order valence-electron chi connectivity index (χ0n) is 8.96. The minimum Gasteiger partial charge on any atom is -0.479 e. The van der Waals surface area contributed by atoms with Crippen molar-refractivity contribution < 1.29 is 32.3 Å². The van der Waals surface area contributed by atoms with Gasteiger partial charge in [-0.25, -0.2) is 9.18 Å². The molecule has 104 valence electrons. The predicted octanol–water partition coefficient (Wildman–Crippen LogP) is 2.39. The van der Waals surface area contributed by atoms with Crippen molar-refractivity contribution in [3.05, 3.63) is 34.1 Å². The lowest BCUT2D eigenvalue weighted by atomic mass is 10.1. The molecule has 0 heterocycles. The summed E-state index contributed by atoms with van der Waals surface area (Å²) in [4.78, 5) is 21.5. The molecule has 0 aliphatic carbocycles. The van der Waals surface area contributed by atoms with Gasteiger partial charge >= 0.3 is 18.1 Å². The molecular weight excluding hydrogens is 338 g/mol. The third-order valence-electron chi connectivity index (χ3n) is 2.06. The van der Waals surface area contributed by atoms with E-state index in [-0.39, 0.29) is 10.0 Å². The first-order valence-electron chi connectivity index (χ1n) is 4.68. The highest BCUT2D eigenvalue weighted by atomic mass is 79.9. The largest absolute Gasteiger partial charge is 0.479 e. The van der Waals surface area contributed by atoms with Crippen LogP contribution < -0.4 is 5.32 Å². The average Bonchev–Trinajstić information content (AvgIpc) is 2.27. The summed E-state index contributed by atoms with van der Waals surface area (Å²) in [6, 6.07) is 0.944. The van der Waals surface area contributed by atoms with Crippen molar-refractivity contribution in [2.75, 3.05) is 0 Å². The van der Waals surface area contributed by atoms with E-state index in [1.54, 1.807) is 0 Å². The molecule has 0 saturated carbocycles. The molecule has 0 aromatic heterocycles. The van der Waals surface area contributed by atoms with Gasteiger partial charge in [0.1, 0.15) is 5.82 Å². The van der Waals surface area contributed by atoms with Gasteiger partial charge in [0, 0.05) is 0 Å². The third-order valence-corrected chi connectivity index (χ3v) is 2.70. The number of hydrogen-bond acceptors (Lipinski definition) is 2. The van der Waals surface area contributed by atoms with Crippen LogP contribution in [0.4, 0.5) is 17.6 Å². The Morgan fingerprint density at radius 2 is 1.89 bits per heavy atom. The summed E-state index contributed by atoms with van der Waals surface area (Å²) >= 11 is 2.81. The first-order chi connectivity index (χ1) is 8.62. The van der Waals surface area contributed by atoms with Crippen LogP contribution in [0.25, 0.3) is 0 Å². The molecule has 4 nitrogen and oxygen atoms in total. The summed E-state index contributed by atoms with van der Waals surface area (Å²) in [5.41, 5.74) is -0.314. The standard InChI is InChI=1S/C10H6BrF4NO3/c11-5-2-1-4(3-6(5)12)7(8(17)18)16-9(19)10(13,14)15/h1-3,7H,(H,16,19)(H,17,18). The molecular formula is C10H6BrF4NO3. The molecule has 2 N–H and O–H groups in total. The van der Waals surface area contributed by atoms with Gasteiger partial charge in [0.25, 0.3) is 0 Å². The van der Waals surface area contributed by atoms with Crippen molar-refractivity contribution >= 4 is 27.8 Å². The maximum atomic E-state index is 13.2. The summed E-state index contributed by atoms with van der Waals surface area (Å²) in [5.74, 6) is -5.01. The third kappa shape index (κ3) is 3.91. The van der Waals surface area contributed by atoms with Gasteiger partial charge in [0.15, 0.2) is 6.04 Å². The van der Waals surface area contributed by atoms with Crippen LogP contribution in [0, 0.1) is 5.82 Å². The fourth-order valence-electron chi connectivity index (χ4n) is 1.19. The lowest BCUT2D eigenvalue weighted by Gasteiger charge is -2.16. The van der Waals surface area contributed by atoms with Crippen molar-refractivity contribution in [3.8, 4) is 0 Å². The summed E-state index contributed by atoms with van der Waals surface area (Å²) in [5, 5.41) is 10.1. The first-order valence-corrected chi connectivity index (χ1v) is 5.47. The molecule has 0 fully saturated rings. The Balaban J connectivity index is 3.05. The lowest BCUT2D eigenvalue weighted by molar-refractivity contribution is -0.175. The molecule has 1 unspecified atom stereocenters. The number of hydrogen-bond donors (Lipinski definition) is 2. The van der Waals surface area contributed by atoms with Crippen LogP contribution in [0.5, 0.6) is 0 Å². The Bertz CT molecular complexity index is 518. The highest BCUT2D eigenvalue weighted by Gasteiger charge is 2.41. The van der Waals surface area contributed by atoms with E-state index < -0.39 is 29.9 Å². The van der Waals surface area contributed by atoms with Gasteiger partial charge in [0.05, 0.1) is 4.47 Å². The zero-order chi connectivity index (χ0) is 14.8. The van der Waals surface area contributed by atoms with Gasteiger partial charge in [-0.1, -0.05) is 6.07 Å². The fourth-order valence-corrected chi connectivity index (χ4v) is 1.44. The highest BCUT2D eigenvalue weighted by molar-refractivity contribution is 9.10. The van der Waals surface area contributed by atoms with Crippen LogP contribution in [0.1, 0.15) is 11.6 Å². The van der Waals surface area contributed by atoms with Crippen molar-refractivity contribution in [2.24, 2.45) is 0 Å². The second-order valence-electron chi connectivity index (χ2n) is 3.42. The van der Waals surface area contributed by atoms with Gasteiger partial charge in [-0.15, -0.1) is 0 Å². The van der Waals surface area contributed by atoms with E-state index in [4.69, 9.17) is 5.11 Å². The first kappa shape index (κ1) is 15.4. The van der Waals surface area contributed by atoms with E-state index in [0.29, 0.717) is 0 Å². The number of carboxylic acid groups (broad SMARTS) is 1. The number of rotatable bonds is 3. The van der Waals surface area contributed by atoms with E-state index in [1.807, 2.05) is 0 Å². The number of carbonyl (C=O) groups is 2. The molecule has 0 spiro atoms. The molecule has 19 heavy (non-hydrogen) atoms. The molecule has 1 atom stereocenters. The number of carbonyl (C=O) groups excluding carboxylic acids is 1. The molecule has 0 aliphatic heterocycles. The van der Waals surface area contributed by atoms with Gasteiger partial charge in [-0.05, 0) is 33.6 Å². The quantitative estimate of drug-likeness (QED) is 0.828. The number of carboxylic acids is 1. The maximum absolute atomic E-state index is 13.2. The summed E-state index contributed by atoms with van der Waals surface area (Å²) < 4.78 is 49.4. The van der Waals surface area contributed by atoms with Crippen molar-refractivity contribution in [1.29, 1.82) is 0 Å². The number of benzene rings is 1. The Morgan fingerprint density at radius 1 is 1.32 bits per heavy atom. The molecule has 0 saturated heterocycles. The monoisotopic (exact) mass is 343 g/mol. The minimum absolute atomic E-state index is 0.0162. The second-order valence-corrected chi connectivity index (χ2v) is 4.27. The SMILES string of the molecule is O=C(O)C(NC(=O)C(F)(F)F)c1ccc(Br)c(F)c1. The molecule has 1 amide bonds. The van der Waals surface area contributed by atoms with Gasteiger partial charge < -0.3 is 10.4 Å².